The fourth-order valence-electron chi connectivity index (χ4n) is 2.31. The highest BCUT2D eigenvalue weighted by molar-refractivity contribution is 7.80. The van der Waals surface area contributed by atoms with Crippen molar-refractivity contribution in [1.82, 2.24) is 5.32 Å². The Hall–Kier alpha value is -2.11. The molecule has 0 aromatic heterocycles. The van der Waals surface area contributed by atoms with Gasteiger partial charge in [0.15, 0.2) is 5.11 Å². The molecule has 3 N–H and O–H groups in total. The quantitative estimate of drug-likeness (QED) is 0.707. The molecule has 2 aromatic carbocycles. The second-order valence-corrected chi connectivity index (χ2v) is 6.10. The summed E-state index contributed by atoms with van der Waals surface area (Å²) in [6.07, 6.45) is 0. The van der Waals surface area contributed by atoms with Gasteiger partial charge in [-0.1, -0.05) is 24.3 Å². The number of benzene rings is 2. The fraction of sp³-hybridized carbons (Fsp3) is 0.278. The Bertz CT molecular complexity index is 641. The van der Waals surface area contributed by atoms with Crippen LogP contribution in [0, 0.1) is 0 Å². The molecular formula is C18H24N3OS+. The first-order chi connectivity index (χ1) is 11.1. The van der Waals surface area contributed by atoms with Gasteiger partial charge in [0.05, 0.1) is 21.2 Å². The molecule has 2 aromatic rings. The normalized spacial score (nSPS) is 10.4. The molecule has 0 unspecified atom stereocenters. The lowest BCUT2D eigenvalue weighted by Crippen LogP contribution is -3.04. The van der Waals surface area contributed by atoms with Gasteiger partial charge in [-0.25, -0.2) is 0 Å². The molecule has 0 heterocycles. The van der Waals surface area contributed by atoms with Gasteiger partial charge in [0, 0.05) is 17.8 Å². The molecule has 0 amide bonds. The van der Waals surface area contributed by atoms with Crippen molar-refractivity contribution in [2.75, 3.05) is 26.5 Å². The van der Waals surface area contributed by atoms with E-state index in [0.717, 1.165) is 18.0 Å². The second kappa shape index (κ2) is 8.50. The highest BCUT2D eigenvalue weighted by Gasteiger charge is 2.06. The fourth-order valence-corrected chi connectivity index (χ4v) is 2.50. The number of ether oxygens (including phenoxy) is 1. The zero-order valence-electron chi connectivity index (χ0n) is 13.8. The van der Waals surface area contributed by atoms with Gasteiger partial charge in [-0.15, -0.1) is 0 Å². The first-order valence-electron chi connectivity index (χ1n) is 7.63. The smallest absolute Gasteiger partial charge is 0.171 e. The Kier molecular flexibility index (Phi) is 6.38. The molecule has 122 valence electrons. The van der Waals surface area contributed by atoms with Crippen LogP contribution in [0.4, 0.5) is 5.69 Å². The van der Waals surface area contributed by atoms with Crippen molar-refractivity contribution < 1.29 is 9.64 Å². The Morgan fingerprint density at radius 1 is 1.04 bits per heavy atom. The topological polar surface area (TPSA) is 37.7 Å². The molecule has 0 saturated heterocycles. The van der Waals surface area contributed by atoms with E-state index < -0.39 is 0 Å². The lowest BCUT2D eigenvalue weighted by molar-refractivity contribution is -0.872. The van der Waals surface area contributed by atoms with Gasteiger partial charge in [0.1, 0.15) is 12.3 Å². The van der Waals surface area contributed by atoms with E-state index in [1.807, 2.05) is 24.3 Å². The Balaban J connectivity index is 1.91. The number of methoxy groups -OCH3 is 1. The Labute approximate surface area is 143 Å². The maximum absolute atomic E-state index is 5.37. The van der Waals surface area contributed by atoms with Gasteiger partial charge in [-0.05, 0) is 42.0 Å². The number of hydrogen-bond acceptors (Lipinski definition) is 2. The van der Waals surface area contributed by atoms with E-state index in [-0.39, 0.29) is 0 Å². The summed E-state index contributed by atoms with van der Waals surface area (Å²) in [6.45, 7) is 1.71. The van der Waals surface area contributed by atoms with Crippen molar-refractivity contribution in [2.24, 2.45) is 0 Å². The van der Waals surface area contributed by atoms with Crippen LogP contribution in [0.5, 0.6) is 5.75 Å². The molecule has 0 radical (unpaired) electrons. The first kappa shape index (κ1) is 17.2. The lowest BCUT2D eigenvalue weighted by atomic mass is 10.1. The molecule has 0 atom stereocenters. The van der Waals surface area contributed by atoms with Crippen LogP contribution in [0.3, 0.4) is 0 Å². The summed E-state index contributed by atoms with van der Waals surface area (Å²) in [5, 5.41) is 7.07. The maximum Gasteiger partial charge on any atom is 0.171 e. The average Bonchev–Trinajstić information content (AvgIpc) is 2.54. The summed E-state index contributed by atoms with van der Waals surface area (Å²) in [7, 11) is 5.96. The SMILES string of the molecule is COc1ccc(NC(=S)NCc2ccccc2C[NH+](C)C)cc1. The zero-order valence-corrected chi connectivity index (χ0v) is 14.7. The molecular weight excluding hydrogens is 306 g/mol. The minimum atomic E-state index is 0.613. The molecule has 23 heavy (non-hydrogen) atoms. The Morgan fingerprint density at radius 2 is 1.70 bits per heavy atom. The van der Waals surface area contributed by atoms with Crippen molar-refractivity contribution in [1.29, 1.82) is 0 Å². The third-order valence-corrected chi connectivity index (χ3v) is 3.70. The van der Waals surface area contributed by atoms with Crippen LogP contribution in [-0.2, 0) is 13.1 Å². The molecule has 0 spiro atoms. The van der Waals surface area contributed by atoms with Crippen molar-refractivity contribution in [3.8, 4) is 5.75 Å². The maximum atomic E-state index is 5.37. The molecule has 0 saturated carbocycles. The van der Waals surface area contributed by atoms with E-state index in [2.05, 4.69) is 49.0 Å². The average molecular weight is 330 g/mol. The zero-order chi connectivity index (χ0) is 16.7. The van der Waals surface area contributed by atoms with Gasteiger partial charge in [-0.3, -0.25) is 0 Å². The van der Waals surface area contributed by atoms with E-state index in [1.165, 1.54) is 16.0 Å². The molecule has 0 bridgehead atoms. The summed E-state index contributed by atoms with van der Waals surface area (Å²) in [4.78, 5) is 1.40. The minimum Gasteiger partial charge on any atom is -0.497 e. The molecule has 5 heteroatoms. The molecule has 0 aliphatic carbocycles. The summed E-state index contributed by atoms with van der Waals surface area (Å²) < 4.78 is 5.15. The van der Waals surface area contributed by atoms with Crippen LogP contribution < -0.4 is 20.3 Å². The largest absolute Gasteiger partial charge is 0.497 e. The van der Waals surface area contributed by atoms with Crippen molar-refractivity contribution in [3.63, 3.8) is 0 Å². The molecule has 0 aliphatic heterocycles. The van der Waals surface area contributed by atoms with Crippen LogP contribution >= 0.6 is 12.2 Å². The van der Waals surface area contributed by atoms with Crippen molar-refractivity contribution >= 4 is 23.0 Å². The minimum absolute atomic E-state index is 0.613. The number of quaternary nitrogens is 1. The highest BCUT2D eigenvalue weighted by atomic mass is 32.1. The predicted octanol–water partition coefficient (Wildman–Crippen LogP) is 1.83. The summed E-state index contributed by atoms with van der Waals surface area (Å²) in [5.74, 6) is 0.828. The van der Waals surface area contributed by atoms with Crippen LogP contribution in [0.25, 0.3) is 0 Å². The third kappa shape index (κ3) is 5.54. The van der Waals surface area contributed by atoms with Crippen LogP contribution in [0.2, 0.25) is 0 Å². The number of anilines is 1. The third-order valence-electron chi connectivity index (χ3n) is 3.45. The summed E-state index contributed by atoms with van der Waals surface area (Å²) >= 11 is 5.37. The first-order valence-corrected chi connectivity index (χ1v) is 8.04. The van der Waals surface area contributed by atoms with Crippen LogP contribution in [0.1, 0.15) is 11.1 Å². The second-order valence-electron chi connectivity index (χ2n) is 5.69. The Morgan fingerprint density at radius 3 is 2.30 bits per heavy atom. The molecule has 4 nitrogen and oxygen atoms in total. The van der Waals surface area contributed by atoms with Gasteiger partial charge in [-0.2, -0.15) is 0 Å². The predicted molar refractivity (Wildman–Crippen MR) is 99.0 cm³/mol. The van der Waals surface area contributed by atoms with E-state index in [9.17, 15) is 0 Å². The van der Waals surface area contributed by atoms with E-state index >= 15 is 0 Å². The summed E-state index contributed by atoms with van der Waals surface area (Å²) in [6, 6.07) is 16.1. The number of rotatable bonds is 6. The molecule has 0 fully saturated rings. The van der Waals surface area contributed by atoms with E-state index in [1.54, 1.807) is 7.11 Å². The lowest BCUT2D eigenvalue weighted by Gasteiger charge is -2.14. The highest BCUT2D eigenvalue weighted by Crippen LogP contribution is 2.15. The monoisotopic (exact) mass is 330 g/mol. The molecule has 2 rings (SSSR count). The number of nitrogens with one attached hydrogen (secondary N) is 3. The molecule has 0 aliphatic rings. The van der Waals surface area contributed by atoms with Crippen molar-refractivity contribution in [2.45, 2.75) is 13.1 Å². The van der Waals surface area contributed by atoms with Gasteiger partial charge in [0.25, 0.3) is 0 Å². The van der Waals surface area contributed by atoms with Crippen molar-refractivity contribution in [3.05, 3.63) is 59.7 Å². The number of thiocarbonyl (C=S) groups is 1. The van der Waals surface area contributed by atoms with Gasteiger partial charge in [0.2, 0.25) is 0 Å². The van der Waals surface area contributed by atoms with E-state index in [4.69, 9.17) is 17.0 Å². The van der Waals surface area contributed by atoms with Crippen LogP contribution in [-0.4, -0.2) is 26.3 Å². The van der Waals surface area contributed by atoms with Gasteiger partial charge >= 0.3 is 0 Å². The van der Waals surface area contributed by atoms with E-state index in [0.29, 0.717) is 11.7 Å². The number of hydrogen-bond donors (Lipinski definition) is 3. The summed E-state index contributed by atoms with van der Waals surface area (Å²) in [5.41, 5.74) is 3.55. The van der Waals surface area contributed by atoms with Crippen LogP contribution in [0.15, 0.2) is 48.5 Å². The standard InChI is InChI=1S/C18H23N3OS/c1-21(2)13-15-7-5-4-6-14(15)12-19-18(23)20-16-8-10-17(22-3)11-9-16/h4-11H,12-13H2,1-3H3,(H2,19,20,23)/p+1. The van der Waals surface area contributed by atoms with Gasteiger partial charge < -0.3 is 20.3 Å².